The van der Waals surface area contributed by atoms with Crippen molar-refractivity contribution >= 4 is 23.2 Å². The molecule has 0 saturated carbocycles. The lowest BCUT2D eigenvalue weighted by Gasteiger charge is -2.12. The normalized spacial score (nSPS) is 12.7. The van der Waals surface area contributed by atoms with Gasteiger partial charge in [0.15, 0.2) is 0 Å². The van der Waals surface area contributed by atoms with Gasteiger partial charge in [0.25, 0.3) is 0 Å². The average molecular weight is 256 g/mol. The highest BCUT2D eigenvalue weighted by atomic mass is 35.5. The van der Waals surface area contributed by atoms with Crippen molar-refractivity contribution < 1.29 is 4.42 Å². The minimum absolute atomic E-state index is 0.177. The monoisotopic (exact) mass is 255 g/mol. The standard InChI is InChI=1S/C12H11Cl2NO/c13-9-1-2-11(14)10(6-9)12(15)5-8-3-4-16-7-8/h1-4,6-7,12H,5,15H2. The van der Waals surface area contributed by atoms with Gasteiger partial charge in [-0.25, -0.2) is 0 Å². The van der Waals surface area contributed by atoms with Crippen LogP contribution in [-0.2, 0) is 6.42 Å². The van der Waals surface area contributed by atoms with Gasteiger partial charge in [-0.15, -0.1) is 0 Å². The van der Waals surface area contributed by atoms with Crippen LogP contribution in [0.15, 0.2) is 41.2 Å². The second-order valence-corrected chi connectivity index (χ2v) is 4.45. The number of benzene rings is 1. The summed E-state index contributed by atoms with van der Waals surface area (Å²) < 4.78 is 4.99. The summed E-state index contributed by atoms with van der Waals surface area (Å²) in [7, 11) is 0. The molecule has 0 saturated heterocycles. The Labute approximate surface area is 104 Å². The highest BCUT2D eigenvalue weighted by molar-refractivity contribution is 6.33. The fourth-order valence-electron chi connectivity index (χ4n) is 1.57. The first-order valence-corrected chi connectivity index (χ1v) is 5.64. The predicted molar refractivity (Wildman–Crippen MR) is 65.8 cm³/mol. The number of hydrogen-bond acceptors (Lipinski definition) is 2. The molecular formula is C12H11Cl2NO. The van der Waals surface area contributed by atoms with Crippen LogP contribution in [0.25, 0.3) is 0 Å². The molecule has 0 aliphatic rings. The molecule has 84 valence electrons. The van der Waals surface area contributed by atoms with E-state index in [1.54, 1.807) is 30.7 Å². The van der Waals surface area contributed by atoms with Crippen LogP contribution in [0.5, 0.6) is 0 Å². The van der Waals surface area contributed by atoms with Crippen LogP contribution >= 0.6 is 23.2 Å². The maximum atomic E-state index is 6.07. The Bertz CT molecular complexity index is 468. The third-order valence-corrected chi connectivity index (χ3v) is 2.97. The molecule has 2 nitrogen and oxygen atoms in total. The molecule has 16 heavy (non-hydrogen) atoms. The van der Waals surface area contributed by atoms with E-state index >= 15 is 0 Å². The molecule has 4 heteroatoms. The number of rotatable bonds is 3. The Morgan fingerprint density at radius 2 is 2.06 bits per heavy atom. The van der Waals surface area contributed by atoms with Gasteiger partial charge >= 0.3 is 0 Å². The van der Waals surface area contributed by atoms with Crippen LogP contribution in [0.1, 0.15) is 17.2 Å². The van der Waals surface area contributed by atoms with Crippen LogP contribution in [0.2, 0.25) is 10.0 Å². The molecule has 1 atom stereocenters. The average Bonchev–Trinajstić information content (AvgIpc) is 2.74. The Morgan fingerprint density at radius 1 is 1.25 bits per heavy atom. The van der Waals surface area contributed by atoms with Gasteiger partial charge in [-0.3, -0.25) is 0 Å². The molecule has 0 bridgehead atoms. The van der Waals surface area contributed by atoms with Crippen molar-refractivity contribution in [3.63, 3.8) is 0 Å². The SMILES string of the molecule is NC(Cc1ccoc1)c1cc(Cl)ccc1Cl. The summed E-state index contributed by atoms with van der Waals surface area (Å²) in [5, 5.41) is 1.28. The lowest BCUT2D eigenvalue weighted by molar-refractivity contribution is 0.561. The smallest absolute Gasteiger partial charge is 0.0935 e. The highest BCUT2D eigenvalue weighted by Crippen LogP contribution is 2.27. The largest absolute Gasteiger partial charge is 0.472 e. The van der Waals surface area contributed by atoms with E-state index in [0.717, 1.165) is 11.1 Å². The molecule has 0 amide bonds. The Balaban J connectivity index is 2.20. The molecule has 1 unspecified atom stereocenters. The van der Waals surface area contributed by atoms with Crippen molar-refractivity contribution in [3.05, 3.63) is 58.0 Å². The van der Waals surface area contributed by atoms with Crippen LogP contribution in [0.4, 0.5) is 0 Å². The summed E-state index contributed by atoms with van der Waals surface area (Å²) >= 11 is 12.0. The first-order chi connectivity index (χ1) is 7.66. The van der Waals surface area contributed by atoms with E-state index in [1.165, 1.54) is 0 Å². The van der Waals surface area contributed by atoms with Crippen LogP contribution in [0, 0.1) is 0 Å². The Hall–Kier alpha value is -0.960. The topological polar surface area (TPSA) is 39.2 Å². The maximum absolute atomic E-state index is 6.07. The van der Waals surface area contributed by atoms with E-state index < -0.39 is 0 Å². The molecule has 2 aromatic rings. The number of nitrogens with two attached hydrogens (primary N) is 1. The minimum Gasteiger partial charge on any atom is -0.472 e. The molecule has 0 radical (unpaired) electrons. The van der Waals surface area contributed by atoms with Gasteiger partial charge in [0, 0.05) is 16.1 Å². The lowest BCUT2D eigenvalue weighted by Crippen LogP contribution is -2.13. The van der Waals surface area contributed by atoms with E-state index in [9.17, 15) is 0 Å². The van der Waals surface area contributed by atoms with Crippen molar-refractivity contribution in [3.8, 4) is 0 Å². The summed E-state index contributed by atoms with van der Waals surface area (Å²) in [6.07, 6.45) is 3.98. The zero-order valence-electron chi connectivity index (χ0n) is 8.49. The number of hydrogen-bond donors (Lipinski definition) is 1. The second-order valence-electron chi connectivity index (χ2n) is 3.61. The zero-order chi connectivity index (χ0) is 11.5. The molecule has 0 fully saturated rings. The fourth-order valence-corrected chi connectivity index (χ4v) is 2.01. The van der Waals surface area contributed by atoms with Gasteiger partial charge in [-0.1, -0.05) is 23.2 Å². The molecule has 1 aromatic heterocycles. The van der Waals surface area contributed by atoms with E-state index in [2.05, 4.69) is 0 Å². The van der Waals surface area contributed by atoms with Crippen LogP contribution < -0.4 is 5.73 Å². The quantitative estimate of drug-likeness (QED) is 0.906. The molecule has 1 aromatic carbocycles. The Kier molecular flexibility index (Phi) is 3.54. The Morgan fingerprint density at radius 3 is 2.75 bits per heavy atom. The van der Waals surface area contributed by atoms with E-state index in [1.807, 2.05) is 6.07 Å². The third-order valence-electron chi connectivity index (χ3n) is 2.39. The van der Waals surface area contributed by atoms with Crippen molar-refractivity contribution in [1.29, 1.82) is 0 Å². The maximum Gasteiger partial charge on any atom is 0.0935 e. The van der Waals surface area contributed by atoms with Gasteiger partial charge in [0.2, 0.25) is 0 Å². The van der Waals surface area contributed by atoms with Gasteiger partial charge in [-0.05, 0) is 41.8 Å². The van der Waals surface area contributed by atoms with E-state index in [-0.39, 0.29) is 6.04 Å². The third kappa shape index (κ3) is 2.59. The van der Waals surface area contributed by atoms with Crippen molar-refractivity contribution in [1.82, 2.24) is 0 Å². The molecular weight excluding hydrogens is 245 g/mol. The molecule has 1 heterocycles. The second kappa shape index (κ2) is 4.91. The molecule has 2 N–H and O–H groups in total. The van der Waals surface area contributed by atoms with Crippen molar-refractivity contribution in [2.75, 3.05) is 0 Å². The van der Waals surface area contributed by atoms with Crippen molar-refractivity contribution in [2.24, 2.45) is 5.73 Å². The summed E-state index contributed by atoms with van der Waals surface area (Å²) in [4.78, 5) is 0. The summed E-state index contributed by atoms with van der Waals surface area (Å²) in [5.74, 6) is 0. The fraction of sp³-hybridized carbons (Fsp3) is 0.167. The van der Waals surface area contributed by atoms with Gasteiger partial charge in [0.05, 0.1) is 12.5 Å². The molecule has 0 spiro atoms. The number of furan rings is 1. The molecule has 0 aliphatic heterocycles. The lowest BCUT2D eigenvalue weighted by atomic mass is 10.0. The molecule has 0 aliphatic carbocycles. The van der Waals surface area contributed by atoms with Crippen molar-refractivity contribution in [2.45, 2.75) is 12.5 Å². The highest BCUT2D eigenvalue weighted by Gasteiger charge is 2.12. The predicted octanol–water partition coefficient (Wildman–Crippen LogP) is 3.83. The summed E-state index contributed by atoms with van der Waals surface area (Å²) in [5.41, 5.74) is 7.97. The number of halogens is 2. The van der Waals surface area contributed by atoms with Crippen LogP contribution in [0.3, 0.4) is 0 Å². The molecule has 2 rings (SSSR count). The van der Waals surface area contributed by atoms with E-state index in [0.29, 0.717) is 16.5 Å². The zero-order valence-corrected chi connectivity index (χ0v) is 10.0. The van der Waals surface area contributed by atoms with Gasteiger partial charge in [0.1, 0.15) is 0 Å². The summed E-state index contributed by atoms with van der Waals surface area (Å²) in [6, 6.07) is 7.02. The first-order valence-electron chi connectivity index (χ1n) is 4.88. The van der Waals surface area contributed by atoms with Gasteiger partial charge < -0.3 is 10.2 Å². The van der Waals surface area contributed by atoms with Crippen LogP contribution in [-0.4, -0.2) is 0 Å². The van der Waals surface area contributed by atoms with Gasteiger partial charge in [-0.2, -0.15) is 0 Å². The summed E-state index contributed by atoms with van der Waals surface area (Å²) in [6.45, 7) is 0. The van der Waals surface area contributed by atoms with E-state index in [4.69, 9.17) is 33.4 Å². The minimum atomic E-state index is -0.177. The first kappa shape index (κ1) is 11.5.